The lowest BCUT2D eigenvalue weighted by atomic mass is 10.1. The van der Waals surface area contributed by atoms with E-state index in [0.717, 1.165) is 46.5 Å². The average Bonchev–Trinajstić information content (AvgIpc) is 2.74. The van der Waals surface area contributed by atoms with Crippen LogP contribution in [0, 0.1) is 0 Å². The molecule has 2 fully saturated rings. The van der Waals surface area contributed by atoms with E-state index in [0.29, 0.717) is 21.9 Å². The maximum absolute atomic E-state index is 13.4. The largest absolute Gasteiger partial charge is 0.456 e. The second-order valence-corrected chi connectivity index (χ2v) is 9.84. The molecule has 0 N–H and O–H groups in total. The summed E-state index contributed by atoms with van der Waals surface area (Å²) in [7, 11) is 0. The molecule has 0 spiro atoms. The molecule has 0 unspecified atom stereocenters. The minimum atomic E-state index is 0.00962. The number of hydrogen-bond acceptors (Lipinski definition) is 4. The van der Waals surface area contributed by atoms with Gasteiger partial charge in [0.05, 0.1) is 10.8 Å². The highest BCUT2D eigenvalue weighted by atomic mass is 79.9. The smallest absolute Gasteiger partial charge is 0.202 e. The second-order valence-electron chi connectivity index (χ2n) is 8.13. The predicted octanol–water partition coefficient (Wildman–Crippen LogP) is 6.45. The maximum Gasteiger partial charge on any atom is 0.202 e. The van der Waals surface area contributed by atoms with Crippen LogP contribution in [0.4, 0.5) is 11.4 Å². The van der Waals surface area contributed by atoms with Gasteiger partial charge in [0.15, 0.2) is 0 Å². The molecule has 2 aromatic carbocycles. The summed E-state index contributed by atoms with van der Waals surface area (Å²) in [6.45, 7) is 4.22. The normalized spacial score (nSPS) is 18.0. The third kappa shape index (κ3) is 3.59. The molecule has 1 aromatic heterocycles. The van der Waals surface area contributed by atoms with Crippen LogP contribution in [0.1, 0.15) is 38.5 Å². The summed E-state index contributed by atoms with van der Waals surface area (Å²) in [4.78, 5) is 18.1. The number of halogens is 2. The van der Waals surface area contributed by atoms with E-state index in [4.69, 9.17) is 4.42 Å². The van der Waals surface area contributed by atoms with Gasteiger partial charge in [-0.25, -0.2) is 0 Å². The molecule has 3 aromatic rings. The molecular formula is C23H24Br2N2O2. The Morgan fingerprint density at radius 3 is 1.48 bits per heavy atom. The van der Waals surface area contributed by atoms with Crippen LogP contribution in [0.15, 0.2) is 42.4 Å². The van der Waals surface area contributed by atoms with Crippen molar-refractivity contribution in [3.05, 3.63) is 43.4 Å². The van der Waals surface area contributed by atoms with Gasteiger partial charge in [-0.3, -0.25) is 4.79 Å². The third-order valence-electron chi connectivity index (χ3n) is 6.19. The monoisotopic (exact) mass is 518 g/mol. The molecule has 2 aliphatic rings. The summed E-state index contributed by atoms with van der Waals surface area (Å²) >= 11 is 7.28. The van der Waals surface area contributed by atoms with Gasteiger partial charge in [0, 0.05) is 58.6 Å². The Bertz CT molecular complexity index is 1040. The Morgan fingerprint density at radius 1 is 0.655 bits per heavy atom. The lowest BCUT2D eigenvalue weighted by molar-refractivity contribution is 0.576. The van der Waals surface area contributed by atoms with Crippen LogP contribution in [0.3, 0.4) is 0 Å². The summed E-state index contributed by atoms with van der Waals surface area (Å²) < 4.78 is 7.95. The minimum Gasteiger partial charge on any atom is -0.456 e. The molecule has 0 aliphatic carbocycles. The molecule has 5 rings (SSSR count). The van der Waals surface area contributed by atoms with Crippen molar-refractivity contribution in [2.24, 2.45) is 0 Å². The standard InChI is InChI=1S/C23H24Br2N2O2/c24-17-11-15(26-7-3-1-4-8-26)13-19-21(17)23(28)22-18(25)12-16(14-20(22)29-19)27-9-5-2-6-10-27/h11-14H,1-10H2. The summed E-state index contributed by atoms with van der Waals surface area (Å²) in [6.07, 6.45) is 7.43. The van der Waals surface area contributed by atoms with Crippen LogP contribution in [-0.2, 0) is 0 Å². The van der Waals surface area contributed by atoms with Crippen molar-refractivity contribution >= 4 is 65.2 Å². The zero-order chi connectivity index (χ0) is 20.0. The molecule has 3 heterocycles. The van der Waals surface area contributed by atoms with Gasteiger partial charge in [-0.1, -0.05) is 0 Å². The quantitative estimate of drug-likeness (QED) is 0.364. The van der Waals surface area contributed by atoms with Crippen molar-refractivity contribution in [1.82, 2.24) is 0 Å². The van der Waals surface area contributed by atoms with E-state index in [-0.39, 0.29) is 5.43 Å². The Kier molecular flexibility index (Phi) is 5.33. The molecular weight excluding hydrogens is 496 g/mol. The van der Waals surface area contributed by atoms with Gasteiger partial charge in [0.2, 0.25) is 5.43 Å². The van der Waals surface area contributed by atoms with Crippen molar-refractivity contribution in [3.63, 3.8) is 0 Å². The first-order valence-corrected chi connectivity index (χ1v) is 12.1. The summed E-state index contributed by atoms with van der Waals surface area (Å²) in [6, 6.07) is 8.19. The number of benzene rings is 2. The molecule has 0 bridgehead atoms. The highest BCUT2D eigenvalue weighted by molar-refractivity contribution is 9.11. The van der Waals surface area contributed by atoms with E-state index in [1.165, 1.54) is 38.5 Å². The Balaban J connectivity index is 1.68. The molecule has 2 saturated heterocycles. The molecule has 6 heteroatoms. The third-order valence-corrected chi connectivity index (χ3v) is 7.44. The molecule has 29 heavy (non-hydrogen) atoms. The summed E-state index contributed by atoms with van der Waals surface area (Å²) in [5.74, 6) is 0. The SMILES string of the molecule is O=c1c2c(Br)cc(N3CCCCC3)cc2oc2cc(N3CCCCC3)cc(Br)c12. The Hall–Kier alpha value is -1.53. The number of nitrogens with zero attached hydrogens (tertiary/aromatic N) is 2. The molecule has 0 atom stereocenters. The van der Waals surface area contributed by atoms with Crippen molar-refractivity contribution < 1.29 is 4.42 Å². The lowest BCUT2D eigenvalue weighted by Crippen LogP contribution is -2.29. The van der Waals surface area contributed by atoms with Gasteiger partial charge >= 0.3 is 0 Å². The van der Waals surface area contributed by atoms with Crippen LogP contribution < -0.4 is 15.2 Å². The van der Waals surface area contributed by atoms with Crippen LogP contribution in [0.2, 0.25) is 0 Å². The van der Waals surface area contributed by atoms with Gasteiger partial charge in [-0.15, -0.1) is 0 Å². The van der Waals surface area contributed by atoms with Crippen molar-refractivity contribution in [3.8, 4) is 0 Å². The van der Waals surface area contributed by atoms with Gasteiger partial charge in [-0.2, -0.15) is 0 Å². The fourth-order valence-corrected chi connectivity index (χ4v) is 5.87. The molecule has 0 radical (unpaired) electrons. The minimum absolute atomic E-state index is 0.00962. The van der Waals surface area contributed by atoms with E-state index in [1.807, 2.05) is 12.1 Å². The average molecular weight is 520 g/mol. The van der Waals surface area contributed by atoms with Crippen LogP contribution in [0.5, 0.6) is 0 Å². The van der Waals surface area contributed by atoms with Gasteiger partial charge in [0.1, 0.15) is 11.2 Å². The highest BCUT2D eigenvalue weighted by Crippen LogP contribution is 2.35. The maximum atomic E-state index is 13.4. The van der Waals surface area contributed by atoms with E-state index in [1.54, 1.807) is 0 Å². The number of fused-ring (bicyclic) bond motifs is 2. The second kappa shape index (κ2) is 7.95. The zero-order valence-corrected chi connectivity index (χ0v) is 19.5. The van der Waals surface area contributed by atoms with Gasteiger partial charge in [0.25, 0.3) is 0 Å². The van der Waals surface area contributed by atoms with Gasteiger partial charge in [-0.05, 0) is 82.5 Å². The molecule has 0 saturated carbocycles. The first-order valence-electron chi connectivity index (χ1n) is 10.5. The van der Waals surface area contributed by atoms with Gasteiger partial charge < -0.3 is 14.2 Å². The van der Waals surface area contributed by atoms with Crippen molar-refractivity contribution in [2.75, 3.05) is 36.0 Å². The van der Waals surface area contributed by atoms with E-state index in [9.17, 15) is 4.79 Å². The first-order chi connectivity index (χ1) is 14.1. The first kappa shape index (κ1) is 19.4. The van der Waals surface area contributed by atoms with E-state index in [2.05, 4.69) is 53.8 Å². The predicted molar refractivity (Wildman–Crippen MR) is 128 cm³/mol. The fraction of sp³-hybridized carbons (Fsp3) is 0.435. The van der Waals surface area contributed by atoms with Crippen molar-refractivity contribution in [1.29, 1.82) is 0 Å². The van der Waals surface area contributed by atoms with Crippen LogP contribution in [-0.4, -0.2) is 26.2 Å². The van der Waals surface area contributed by atoms with E-state index < -0.39 is 0 Å². The Labute approximate surface area is 187 Å². The number of rotatable bonds is 2. The summed E-state index contributed by atoms with van der Waals surface area (Å²) in [5, 5.41) is 1.23. The van der Waals surface area contributed by atoms with Crippen LogP contribution >= 0.6 is 31.9 Å². The number of piperidine rings is 2. The topological polar surface area (TPSA) is 36.7 Å². The van der Waals surface area contributed by atoms with Crippen molar-refractivity contribution in [2.45, 2.75) is 38.5 Å². The number of anilines is 2. The molecule has 2 aliphatic heterocycles. The molecule has 0 amide bonds. The highest BCUT2D eigenvalue weighted by Gasteiger charge is 2.20. The Morgan fingerprint density at radius 2 is 1.07 bits per heavy atom. The zero-order valence-electron chi connectivity index (χ0n) is 16.3. The number of hydrogen-bond donors (Lipinski definition) is 0. The lowest BCUT2D eigenvalue weighted by Gasteiger charge is -2.29. The fourth-order valence-electron chi connectivity index (χ4n) is 4.65. The molecule has 152 valence electrons. The van der Waals surface area contributed by atoms with Crippen LogP contribution in [0.25, 0.3) is 21.9 Å². The summed E-state index contributed by atoms with van der Waals surface area (Å²) in [5.41, 5.74) is 3.56. The van der Waals surface area contributed by atoms with E-state index >= 15 is 0 Å². The molecule has 4 nitrogen and oxygen atoms in total.